The molecule has 0 atom stereocenters. The average molecular weight is 575 g/mol. The number of carbonyl (C=O) groups is 1. The summed E-state index contributed by atoms with van der Waals surface area (Å²) in [4.78, 5) is 16.7. The number of nitrogens with zero attached hydrogens (tertiary/aromatic N) is 3. The van der Waals surface area contributed by atoms with E-state index in [0.29, 0.717) is 5.56 Å². The molecule has 35 heavy (non-hydrogen) atoms. The van der Waals surface area contributed by atoms with E-state index in [0.717, 1.165) is 18.4 Å². The van der Waals surface area contributed by atoms with E-state index in [9.17, 15) is 26.4 Å². The molecule has 0 fully saturated rings. The second-order valence-electron chi connectivity index (χ2n) is 8.61. The van der Waals surface area contributed by atoms with Gasteiger partial charge in [-0.05, 0) is 66.5 Å². The molecule has 13 heteroatoms. The number of halogens is 4. The Morgan fingerprint density at radius 2 is 1.77 bits per heavy atom. The normalized spacial score (nSPS) is 12.5. The molecule has 0 aliphatic carbocycles. The molecule has 2 aromatic heterocycles. The van der Waals surface area contributed by atoms with E-state index in [1.165, 1.54) is 23.0 Å². The highest BCUT2D eigenvalue weighted by molar-refractivity contribution is 9.10. The fourth-order valence-electron chi connectivity index (χ4n) is 2.97. The van der Waals surface area contributed by atoms with Crippen molar-refractivity contribution in [3.05, 3.63) is 63.9 Å². The summed E-state index contributed by atoms with van der Waals surface area (Å²) in [6.45, 7) is 5.29. The van der Waals surface area contributed by atoms with Crippen LogP contribution in [0.25, 0.3) is 0 Å². The lowest BCUT2D eigenvalue weighted by molar-refractivity contribution is -0.138. The molecular weight excluding hydrogens is 553 g/mol. The van der Waals surface area contributed by atoms with Crippen molar-refractivity contribution in [2.75, 3.05) is 6.26 Å². The molecule has 0 saturated carbocycles. The SMILES string of the molecule is CC(C)(C)n1nc(C(=O)NCc2ccc(S(C)(=O)=O)cc2)c(Br)c1Oc1ncccc1C(F)(F)F. The number of rotatable bonds is 6. The van der Waals surface area contributed by atoms with Gasteiger partial charge in [0.1, 0.15) is 10.0 Å². The summed E-state index contributed by atoms with van der Waals surface area (Å²) in [6, 6.07) is 7.97. The summed E-state index contributed by atoms with van der Waals surface area (Å²) >= 11 is 3.24. The summed E-state index contributed by atoms with van der Waals surface area (Å²) in [6.07, 6.45) is -2.44. The highest BCUT2D eigenvalue weighted by Crippen LogP contribution is 2.40. The summed E-state index contributed by atoms with van der Waals surface area (Å²) < 4.78 is 70.3. The van der Waals surface area contributed by atoms with E-state index in [2.05, 4.69) is 31.3 Å². The predicted octanol–water partition coefficient (Wildman–Crippen LogP) is 4.94. The lowest BCUT2D eigenvalue weighted by Gasteiger charge is -2.22. The second kappa shape index (κ2) is 9.61. The minimum Gasteiger partial charge on any atom is -0.419 e. The first-order chi connectivity index (χ1) is 16.1. The van der Waals surface area contributed by atoms with E-state index in [1.54, 1.807) is 32.9 Å². The van der Waals surface area contributed by atoms with Crippen molar-refractivity contribution in [3.63, 3.8) is 0 Å². The van der Waals surface area contributed by atoms with Crippen LogP contribution in [-0.2, 0) is 28.1 Å². The lowest BCUT2D eigenvalue weighted by atomic mass is 10.1. The van der Waals surface area contributed by atoms with Crippen LogP contribution in [0.1, 0.15) is 42.4 Å². The maximum Gasteiger partial charge on any atom is 0.421 e. The van der Waals surface area contributed by atoms with Crippen LogP contribution in [0, 0.1) is 0 Å². The molecule has 0 radical (unpaired) electrons. The van der Waals surface area contributed by atoms with Crippen molar-refractivity contribution < 1.29 is 31.1 Å². The van der Waals surface area contributed by atoms with E-state index < -0.39 is 38.9 Å². The Balaban J connectivity index is 1.90. The molecule has 0 saturated heterocycles. The molecule has 1 aromatic carbocycles. The average Bonchev–Trinajstić information content (AvgIpc) is 3.08. The van der Waals surface area contributed by atoms with Gasteiger partial charge in [0, 0.05) is 19.0 Å². The highest BCUT2D eigenvalue weighted by Gasteiger charge is 2.37. The Hall–Kier alpha value is -2.93. The number of sulfone groups is 1. The van der Waals surface area contributed by atoms with Crippen LogP contribution < -0.4 is 10.1 Å². The summed E-state index contributed by atoms with van der Waals surface area (Å²) in [5.74, 6) is -1.41. The van der Waals surface area contributed by atoms with Gasteiger partial charge in [0.25, 0.3) is 5.91 Å². The van der Waals surface area contributed by atoms with Crippen molar-refractivity contribution in [2.45, 2.75) is 43.9 Å². The maximum absolute atomic E-state index is 13.4. The third kappa shape index (κ3) is 6.20. The molecule has 1 N–H and O–H groups in total. The Bertz CT molecular complexity index is 1350. The molecule has 0 bridgehead atoms. The Labute approximate surface area is 208 Å². The first kappa shape index (κ1) is 26.7. The number of nitrogens with one attached hydrogen (secondary N) is 1. The number of hydrogen-bond donors (Lipinski definition) is 1. The first-order valence-electron chi connectivity index (χ1n) is 10.2. The number of aromatic nitrogens is 3. The van der Waals surface area contributed by atoms with Gasteiger partial charge >= 0.3 is 6.18 Å². The van der Waals surface area contributed by atoms with Crippen LogP contribution in [-0.4, -0.2) is 35.3 Å². The van der Waals surface area contributed by atoms with Gasteiger partial charge in [0.05, 0.1) is 10.4 Å². The first-order valence-corrected chi connectivity index (χ1v) is 12.8. The summed E-state index contributed by atoms with van der Waals surface area (Å²) in [5, 5.41) is 6.93. The van der Waals surface area contributed by atoms with E-state index in [4.69, 9.17) is 4.74 Å². The third-order valence-corrected chi connectivity index (χ3v) is 6.56. The van der Waals surface area contributed by atoms with Crippen molar-refractivity contribution in [2.24, 2.45) is 0 Å². The van der Waals surface area contributed by atoms with Gasteiger partial charge in [-0.2, -0.15) is 18.3 Å². The molecule has 0 unspecified atom stereocenters. The van der Waals surface area contributed by atoms with Gasteiger partial charge in [0.15, 0.2) is 15.5 Å². The Kier molecular flexibility index (Phi) is 7.32. The van der Waals surface area contributed by atoms with Crippen LogP contribution >= 0.6 is 15.9 Å². The van der Waals surface area contributed by atoms with Crippen molar-refractivity contribution in [3.8, 4) is 11.8 Å². The second-order valence-corrected chi connectivity index (χ2v) is 11.4. The fourth-order valence-corrected chi connectivity index (χ4v) is 4.11. The molecule has 2 heterocycles. The highest BCUT2D eigenvalue weighted by atomic mass is 79.9. The molecule has 188 valence electrons. The number of ether oxygens (including phenoxy) is 1. The number of alkyl halides is 3. The molecule has 3 rings (SSSR count). The monoisotopic (exact) mass is 574 g/mol. The van der Waals surface area contributed by atoms with Crippen molar-refractivity contribution >= 4 is 31.7 Å². The lowest BCUT2D eigenvalue weighted by Crippen LogP contribution is -2.26. The maximum atomic E-state index is 13.4. The Morgan fingerprint density at radius 3 is 2.31 bits per heavy atom. The smallest absolute Gasteiger partial charge is 0.419 e. The van der Waals surface area contributed by atoms with E-state index in [-0.39, 0.29) is 27.5 Å². The molecule has 8 nitrogen and oxygen atoms in total. The van der Waals surface area contributed by atoms with Gasteiger partial charge in [-0.1, -0.05) is 12.1 Å². The standard InChI is InChI=1S/C22H22BrF3N4O4S/c1-21(2,3)30-20(34-19-15(22(24,25)26)6-5-11-27-19)16(23)17(29-30)18(31)28-12-13-7-9-14(10-8-13)35(4,32)33/h5-11H,12H2,1-4H3,(H,28,31). The van der Waals surface area contributed by atoms with E-state index >= 15 is 0 Å². The molecule has 0 aliphatic heterocycles. The van der Waals surface area contributed by atoms with E-state index in [1.807, 2.05) is 0 Å². The molecule has 1 amide bonds. The minimum absolute atomic E-state index is 0.0520. The van der Waals surface area contributed by atoms with Crippen LogP contribution in [0.5, 0.6) is 11.8 Å². The van der Waals surface area contributed by atoms with Gasteiger partial charge < -0.3 is 10.1 Å². The number of benzene rings is 1. The van der Waals surface area contributed by atoms with Gasteiger partial charge in [0.2, 0.25) is 11.8 Å². The van der Waals surface area contributed by atoms with Gasteiger partial charge in [-0.15, -0.1) is 0 Å². The zero-order valence-corrected chi connectivity index (χ0v) is 21.5. The third-order valence-electron chi connectivity index (χ3n) is 4.71. The Morgan fingerprint density at radius 1 is 1.14 bits per heavy atom. The van der Waals surface area contributed by atoms with Crippen LogP contribution in [0.3, 0.4) is 0 Å². The summed E-state index contributed by atoms with van der Waals surface area (Å²) in [5.41, 5.74) is -1.30. The predicted molar refractivity (Wildman–Crippen MR) is 125 cm³/mol. The van der Waals surface area contributed by atoms with Crippen LogP contribution in [0.15, 0.2) is 52.0 Å². The largest absolute Gasteiger partial charge is 0.421 e. The molecule has 0 aliphatic rings. The number of hydrogen-bond acceptors (Lipinski definition) is 6. The van der Waals surface area contributed by atoms with Crippen LogP contribution in [0.2, 0.25) is 0 Å². The van der Waals surface area contributed by atoms with Gasteiger partial charge in [-0.3, -0.25) is 4.79 Å². The zero-order valence-electron chi connectivity index (χ0n) is 19.1. The molecule has 3 aromatic rings. The minimum atomic E-state index is -4.70. The molecule has 0 spiro atoms. The number of amides is 1. The van der Waals surface area contributed by atoms with Crippen LogP contribution in [0.4, 0.5) is 13.2 Å². The van der Waals surface area contributed by atoms with Crippen molar-refractivity contribution in [1.82, 2.24) is 20.1 Å². The topological polar surface area (TPSA) is 103 Å². The van der Waals surface area contributed by atoms with Crippen molar-refractivity contribution in [1.29, 1.82) is 0 Å². The fraction of sp³-hybridized carbons (Fsp3) is 0.318. The number of carbonyl (C=O) groups excluding carboxylic acids is 1. The molecular formula is C22H22BrF3N4O4S. The zero-order chi connectivity index (χ0) is 26.2. The number of pyridine rings is 1. The van der Waals surface area contributed by atoms with Gasteiger partial charge in [-0.25, -0.2) is 18.1 Å². The summed E-state index contributed by atoms with van der Waals surface area (Å²) in [7, 11) is -3.35. The quantitative estimate of drug-likeness (QED) is 0.447.